The molecule has 0 bridgehead atoms. The maximum Gasteiger partial charge on any atom is 0.325 e. The van der Waals surface area contributed by atoms with Gasteiger partial charge in [-0.2, -0.15) is 0 Å². The van der Waals surface area contributed by atoms with Gasteiger partial charge in [0.1, 0.15) is 13.2 Å². The summed E-state index contributed by atoms with van der Waals surface area (Å²) < 4.78 is 5.19. The number of benzene rings is 1. The predicted octanol–water partition coefficient (Wildman–Crippen LogP) is 4.04. The maximum absolute atomic E-state index is 12.3. The molecule has 0 aliphatic carbocycles. The smallest absolute Gasteiger partial charge is 0.325 e. The first-order valence-electron chi connectivity index (χ1n) is 9.92. The zero-order valence-electron chi connectivity index (χ0n) is 18.2. The van der Waals surface area contributed by atoms with Gasteiger partial charge in [-0.05, 0) is 43.4 Å². The van der Waals surface area contributed by atoms with Gasteiger partial charge in [0.25, 0.3) is 0 Å². The van der Waals surface area contributed by atoms with Crippen LogP contribution in [0.1, 0.15) is 50.4 Å². The van der Waals surface area contributed by atoms with E-state index in [1.165, 1.54) is 18.3 Å². The Balaban J connectivity index is 1.95. The van der Waals surface area contributed by atoms with E-state index in [1.54, 1.807) is 10.3 Å². The van der Waals surface area contributed by atoms with Crippen LogP contribution >= 0.6 is 11.3 Å². The van der Waals surface area contributed by atoms with Crippen molar-refractivity contribution < 1.29 is 19.1 Å². The number of amides is 2. The highest BCUT2D eigenvalue weighted by molar-refractivity contribution is 7.14. The lowest BCUT2D eigenvalue weighted by Crippen LogP contribution is -2.30. The molecule has 162 valence electrons. The van der Waals surface area contributed by atoms with E-state index in [-0.39, 0.29) is 25.0 Å². The van der Waals surface area contributed by atoms with Crippen molar-refractivity contribution in [1.82, 2.24) is 10.3 Å². The lowest BCUT2D eigenvalue weighted by atomic mass is 10.1. The molecule has 2 rings (SSSR count). The van der Waals surface area contributed by atoms with Crippen LogP contribution in [-0.4, -0.2) is 29.3 Å². The molecule has 1 N–H and O–H groups in total. The first-order valence-corrected chi connectivity index (χ1v) is 10.8. The van der Waals surface area contributed by atoms with Crippen LogP contribution in [0.15, 0.2) is 23.6 Å². The number of aryl methyl sites for hydroxylation is 1. The number of anilines is 2. The minimum absolute atomic E-state index is 0.0181. The Morgan fingerprint density at radius 1 is 1.23 bits per heavy atom. The van der Waals surface area contributed by atoms with Crippen molar-refractivity contribution in [2.24, 2.45) is 5.92 Å². The zero-order valence-corrected chi connectivity index (χ0v) is 19.0. The van der Waals surface area contributed by atoms with E-state index in [0.717, 1.165) is 23.2 Å². The summed E-state index contributed by atoms with van der Waals surface area (Å²) in [5.41, 5.74) is 3.42. The predicted molar refractivity (Wildman–Crippen MR) is 118 cm³/mol. The summed E-state index contributed by atoms with van der Waals surface area (Å²) in [5, 5.41) is 4.83. The maximum atomic E-state index is 12.3. The summed E-state index contributed by atoms with van der Waals surface area (Å²) in [5.74, 6) is -0.409. The largest absolute Gasteiger partial charge is 0.458 e. The molecule has 0 aliphatic heterocycles. The van der Waals surface area contributed by atoms with Gasteiger partial charge in [0.15, 0.2) is 5.13 Å². The molecule has 2 aromatic rings. The summed E-state index contributed by atoms with van der Waals surface area (Å²) in [4.78, 5) is 41.9. The average Bonchev–Trinajstić information content (AvgIpc) is 3.14. The van der Waals surface area contributed by atoms with Crippen LogP contribution in [0.4, 0.5) is 10.8 Å². The number of hydrogen-bond donors (Lipinski definition) is 1. The quantitative estimate of drug-likeness (QED) is 0.605. The Bertz CT molecular complexity index is 908. The van der Waals surface area contributed by atoms with Gasteiger partial charge in [0.2, 0.25) is 11.8 Å². The third-order valence-corrected chi connectivity index (χ3v) is 5.50. The highest BCUT2D eigenvalue weighted by Gasteiger charge is 2.20. The Morgan fingerprint density at radius 2 is 1.97 bits per heavy atom. The molecule has 30 heavy (non-hydrogen) atoms. The number of ether oxygens (including phenoxy) is 1. The minimum atomic E-state index is -0.527. The number of rotatable bonds is 9. The summed E-state index contributed by atoms with van der Waals surface area (Å²) in [6.45, 7) is 9.34. The van der Waals surface area contributed by atoms with Gasteiger partial charge in [-0.15, -0.1) is 11.3 Å². The summed E-state index contributed by atoms with van der Waals surface area (Å²) in [7, 11) is 0. The van der Waals surface area contributed by atoms with Gasteiger partial charge in [0, 0.05) is 18.7 Å². The minimum Gasteiger partial charge on any atom is -0.458 e. The SMILES string of the molecule is CC(=O)N(c1nc(COC(=O)CNC(=O)CCC(C)C)cs1)c1cccc(C)c1C. The highest BCUT2D eigenvalue weighted by atomic mass is 32.1. The van der Waals surface area contributed by atoms with Crippen molar-refractivity contribution in [2.45, 2.75) is 54.1 Å². The summed E-state index contributed by atoms with van der Waals surface area (Å²) in [6, 6.07) is 5.78. The van der Waals surface area contributed by atoms with E-state index in [1.807, 2.05) is 45.9 Å². The molecule has 0 saturated carbocycles. The van der Waals surface area contributed by atoms with E-state index in [2.05, 4.69) is 10.3 Å². The van der Waals surface area contributed by atoms with Crippen LogP contribution in [0.25, 0.3) is 0 Å². The normalized spacial score (nSPS) is 10.7. The van der Waals surface area contributed by atoms with Gasteiger partial charge >= 0.3 is 5.97 Å². The second kappa shape index (κ2) is 10.9. The third kappa shape index (κ3) is 6.66. The second-order valence-corrected chi connectivity index (χ2v) is 8.40. The molecule has 7 nitrogen and oxygen atoms in total. The molecule has 1 aromatic heterocycles. The number of nitrogens with zero attached hydrogens (tertiary/aromatic N) is 2. The van der Waals surface area contributed by atoms with Gasteiger partial charge < -0.3 is 10.1 Å². The molecule has 0 fully saturated rings. The number of esters is 1. The number of carbonyl (C=O) groups is 3. The third-order valence-electron chi connectivity index (χ3n) is 4.62. The molecule has 1 heterocycles. The molecule has 0 saturated heterocycles. The molecule has 8 heteroatoms. The number of aromatic nitrogens is 1. The molecule has 1 aromatic carbocycles. The van der Waals surface area contributed by atoms with E-state index >= 15 is 0 Å². The van der Waals surface area contributed by atoms with E-state index in [9.17, 15) is 14.4 Å². The number of carbonyl (C=O) groups excluding carboxylic acids is 3. The fraction of sp³-hybridized carbons (Fsp3) is 0.455. The summed E-state index contributed by atoms with van der Waals surface area (Å²) in [6.07, 6.45) is 1.16. The van der Waals surface area contributed by atoms with E-state index in [0.29, 0.717) is 23.2 Å². The summed E-state index contributed by atoms with van der Waals surface area (Å²) >= 11 is 1.31. The van der Waals surface area contributed by atoms with E-state index in [4.69, 9.17) is 4.74 Å². The van der Waals surface area contributed by atoms with Crippen LogP contribution in [-0.2, 0) is 25.7 Å². The van der Waals surface area contributed by atoms with Gasteiger partial charge in [-0.3, -0.25) is 19.3 Å². The van der Waals surface area contributed by atoms with Crippen molar-refractivity contribution in [3.05, 3.63) is 40.4 Å². The van der Waals surface area contributed by atoms with Crippen LogP contribution in [0.5, 0.6) is 0 Å². The lowest BCUT2D eigenvalue weighted by molar-refractivity contribution is -0.145. The molecule has 0 unspecified atom stereocenters. The van der Waals surface area contributed by atoms with Crippen LogP contribution < -0.4 is 10.2 Å². The Kier molecular flexibility index (Phi) is 8.53. The van der Waals surface area contributed by atoms with Gasteiger partial charge in [-0.25, -0.2) is 4.98 Å². The fourth-order valence-corrected chi connectivity index (χ4v) is 3.60. The molecule has 0 atom stereocenters. The monoisotopic (exact) mass is 431 g/mol. The van der Waals surface area contributed by atoms with Crippen molar-refractivity contribution in [1.29, 1.82) is 0 Å². The van der Waals surface area contributed by atoms with Gasteiger partial charge in [-0.1, -0.05) is 26.0 Å². The van der Waals surface area contributed by atoms with Crippen LogP contribution in [0, 0.1) is 19.8 Å². The van der Waals surface area contributed by atoms with Crippen LogP contribution in [0.3, 0.4) is 0 Å². The molecule has 0 spiro atoms. The topological polar surface area (TPSA) is 88.6 Å². The van der Waals surface area contributed by atoms with Crippen molar-refractivity contribution in [3.8, 4) is 0 Å². The zero-order chi connectivity index (χ0) is 22.3. The fourth-order valence-electron chi connectivity index (χ4n) is 2.73. The second-order valence-electron chi connectivity index (χ2n) is 7.56. The van der Waals surface area contributed by atoms with Crippen LogP contribution in [0.2, 0.25) is 0 Å². The van der Waals surface area contributed by atoms with Gasteiger partial charge in [0.05, 0.1) is 11.4 Å². The van der Waals surface area contributed by atoms with Crippen molar-refractivity contribution >= 4 is 39.9 Å². The number of nitrogens with one attached hydrogen (secondary N) is 1. The molecular formula is C22H29N3O4S. The average molecular weight is 432 g/mol. The standard InChI is InChI=1S/C22H29N3O4S/c1-14(2)9-10-20(27)23-11-21(28)29-12-18-13-30-22(24-18)25(17(5)26)19-8-6-7-15(3)16(19)4/h6-8,13-14H,9-12H2,1-5H3,(H,23,27). The Morgan fingerprint density at radius 3 is 2.63 bits per heavy atom. The lowest BCUT2D eigenvalue weighted by Gasteiger charge is -2.21. The van der Waals surface area contributed by atoms with E-state index < -0.39 is 5.97 Å². The Labute approximate surface area is 181 Å². The first kappa shape index (κ1) is 23.5. The number of thiazole rings is 1. The molecule has 0 aliphatic rings. The van der Waals surface area contributed by atoms with Crippen molar-refractivity contribution in [3.63, 3.8) is 0 Å². The highest BCUT2D eigenvalue weighted by Crippen LogP contribution is 2.32. The first-order chi connectivity index (χ1) is 14.2. The molecule has 0 radical (unpaired) electrons. The Hall–Kier alpha value is -2.74. The molecule has 2 amide bonds. The van der Waals surface area contributed by atoms with Crippen molar-refractivity contribution in [2.75, 3.05) is 11.4 Å². The number of hydrogen-bond acceptors (Lipinski definition) is 6. The molecular weight excluding hydrogens is 402 g/mol.